The van der Waals surface area contributed by atoms with Gasteiger partial charge in [0.1, 0.15) is 12.2 Å². The maximum absolute atomic E-state index is 12.9. The van der Waals surface area contributed by atoms with Gasteiger partial charge in [0.2, 0.25) is 0 Å². The fraction of sp³-hybridized carbons (Fsp3) is 0.440. The third kappa shape index (κ3) is 3.89. The second-order valence-corrected chi connectivity index (χ2v) is 9.09. The number of esters is 2. The van der Waals surface area contributed by atoms with Crippen molar-refractivity contribution in [2.75, 3.05) is 0 Å². The van der Waals surface area contributed by atoms with Gasteiger partial charge in [0.05, 0.1) is 5.56 Å². The summed E-state index contributed by atoms with van der Waals surface area (Å²) in [7, 11) is 0. The Labute approximate surface area is 184 Å². The van der Waals surface area contributed by atoms with Crippen LogP contribution in [0.15, 0.2) is 54.1 Å². The Bertz CT molecular complexity index is 1020. The smallest absolute Gasteiger partial charge is 0.416 e. The minimum absolute atomic E-state index is 0.0285. The molecule has 5 atom stereocenters. The molecule has 1 aromatic carbocycles. The highest BCUT2D eigenvalue weighted by Crippen LogP contribution is 2.56. The number of benzene rings is 1. The van der Waals surface area contributed by atoms with Crippen molar-refractivity contribution < 1.29 is 32.2 Å². The highest BCUT2D eigenvalue weighted by molar-refractivity contribution is 5.91. The first kappa shape index (κ1) is 22.4. The van der Waals surface area contributed by atoms with Crippen LogP contribution in [-0.2, 0) is 25.2 Å². The van der Waals surface area contributed by atoms with E-state index in [0.717, 1.165) is 36.6 Å². The predicted octanol–water partition coefficient (Wildman–Crippen LogP) is 5.49. The quantitative estimate of drug-likeness (QED) is 0.350. The van der Waals surface area contributed by atoms with Crippen LogP contribution in [0.25, 0.3) is 6.08 Å². The minimum atomic E-state index is -4.45. The van der Waals surface area contributed by atoms with E-state index >= 15 is 0 Å². The highest BCUT2D eigenvalue weighted by atomic mass is 19.4. The van der Waals surface area contributed by atoms with E-state index in [-0.39, 0.29) is 29.5 Å². The fourth-order valence-electron chi connectivity index (χ4n) is 5.44. The molecule has 0 unspecified atom stereocenters. The van der Waals surface area contributed by atoms with Gasteiger partial charge in [-0.05, 0) is 43.5 Å². The van der Waals surface area contributed by atoms with Gasteiger partial charge in [-0.3, -0.25) is 0 Å². The number of alkyl halides is 3. The Balaban J connectivity index is 1.50. The van der Waals surface area contributed by atoms with E-state index in [1.165, 1.54) is 18.2 Å². The van der Waals surface area contributed by atoms with Crippen LogP contribution in [0.4, 0.5) is 13.2 Å². The molecule has 1 saturated heterocycles. The fourth-order valence-corrected chi connectivity index (χ4v) is 5.44. The molecule has 7 heteroatoms. The summed E-state index contributed by atoms with van der Waals surface area (Å²) in [5.41, 5.74) is 0.687. The van der Waals surface area contributed by atoms with Crippen molar-refractivity contribution in [3.63, 3.8) is 0 Å². The van der Waals surface area contributed by atoms with Gasteiger partial charge in [-0.15, -0.1) is 0 Å². The highest BCUT2D eigenvalue weighted by Gasteiger charge is 2.58. The number of hydrogen-bond acceptors (Lipinski definition) is 4. The van der Waals surface area contributed by atoms with Crippen molar-refractivity contribution in [2.24, 2.45) is 17.3 Å². The second-order valence-electron chi connectivity index (χ2n) is 9.09. The van der Waals surface area contributed by atoms with Gasteiger partial charge >= 0.3 is 18.1 Å². The molecule has 4 rings (SSSR count). The molecule has 0 spiro atoms. The molecule has 2 aliphatic carbocycles. The largest absolute Gasteiger partial charge is 0.458 e. The molecular formula is C25H25F3O4. The summed E-state index contributed by atoms with van der Waals surface area (Å²) >= 11 is 0. The molecule has 2 fully saturated rings. The van der Waals surface area contributed by atoms with Crippen molar-refractivity contribution in [2.45, 2.75) is 51.5 Å². The van der Waals surface area contributed by atoms with Gasteiger partial charge in [-0.1, -0.05) is 37.3 Å². The van der Waals surface area contributed by atoms with E-state index in [1.54, 1.807) is 0 Å². The first-order chi connectivity index (χ1) is 15.0. The molecular weight excluding hydrogens is 421 g/mol. The van der Waals surface area contributed by atoms with Crippen LogP contribution >= 0.6 is 0 Å². The summed E-state index contributed by atoms with van der Waals surface area (Å²) in [6.07, 6.45) is 1.30. The lowest BCUT2D eigenvalue weighted by Gasteiger charge is -2.52. The first-order valence-electron chi connectivity index (χ1n) is 10.6. The number of carbonyl (C=O) groups excluding carboxylic acids is 2. The number of ether oxygens (including phenoxy) is 2. The summed E-state index contributed by atoms with van der Waals surface area (Å²) in [4.78, 5) is 24.6. The Morgan fingerprint density at radius 3 is 2.81 bits per heavy atom. The summed E-state index contributed by atoms with van der Waals surface area (Å²) < 4.78 is 50.1. The molecule has 1 saturated carbocycles. The van der Waals surface area contributed by atoms with Crippen LogP contribution in [0.2, 0.25) is 0 Å². The molecule has 3 aliphatic rings. The van der Waals surface area contributed by atoms with E-state index in [2.05, 4.69) is 6.58 Å². The summed E-state index contributed by atoms with van der Waals surface area (Å²) in [5, 5.41) is 0. The van der Waals surface area contributed by atoms with Crippen molar-refractivity contribution in [3.05, 3.63) is 65.3 Å². The molecule has 0 amide bonds. The zero-order valence-corrected chi connectivity index (χ0v) is 17.9. The summed E-state index contributed by atoms with van der Waals surface area (Å²) in [5.74, 6) is -1.09. The van der Waals surface area contributed by atoms with Crippen LogP contribution in [-0.4, -0.2) is 24.1 Å². The maximum atomic E-state index is 12.9. The average molecular weight is 446 g/mol. The van der Waals surface area contributed by atoms with Crippen molar-refractivity contribution in [3.8, 4) is 0 Å². The van der Waals surface area contributed by atoms with Crippen LogP contribution in [0.5, 0.6) is 0 Å². The van der Waals surface area contributed by atoms with E-state index < -0.39 is 29.2 Å². The van der Waals surface area contributed by atoms with Gasteiger partial charge in [-0.2, -0.15) is 13.2 Å². The monoisotopic (exact) mass is 446 g/mol. The minimum Gasteiger partial charge on any atom is -0.458 e. The molecule has 170 valence electrons. The molecule has 32 heavy (non-hydrogen) atoms. The molecule has 1 aliphatic heterocycles. The third-order valence-corrected chi connectivity index (χ3v) is 7.15. The molecule has 0 bridgehead atoms. The Morgan fingerprint density at radius 1 is 1.34 bits per heavy atom. The van der Waals surface area contributed by atoms with Crippen LogP contribution in [0.1, 0.15) is 44.2 Å². The number of rotatable bonds is 3. The van der Waals surface area contributed by atoms with E-state index in [9.17, 15) is 22.8 Å². The van der Waals surface area contributed by atoms with Crippen LogP contribution in [0, 0.1) is 17.3 Å². The number of hydrogen-bond donors (Lipinski definition) is 0. The second kappa shape index (κ2) is 7.94. The Hall–Kier alpha value is -2.83. The molecule has 0 radical (unpaired) electrons. The van der Waals surface area contributed by atoms with E-state index in [1.807, 2.05) is 19.9 Å². The normalized spacial score (nSPS) is 32.2. The van der Waals surface area contributed by atoms with Gasteiger partial charge in [0.25, 0.3) is 0 Å². The van der Waals surface area contributed by atoms with Crippen molar-refractivity contribution in [1.29, 1.82) is 0 Å². The van der Waals surface area contributed by atoms with Gasteiger partial charge in [0, 0.05) is 35.3 Å². The topological polar surface area (TPSA) is 52.6 Å². The molecule has 1 heterocycles. The predicted molar refractivity (Wildman–Crippen MR) is 112 cm³/mol. The third-order valence-electron chi connectivity index (χ3n) is 7.15. The SMILES string of the molecule is C=C1C(=O)O[C@@H]2[C@H]3C(C)=CC[C@@H](OC(=O)/C=C/c4cccc(C(F)(F)F)c4)[C@]3(C)CC[C@@H]12. The zero-order chi connectivity index (χ0) is 23.3. The maximum Gasteiger partial charge on any atom is 0.416 e. The van der Waals surface area contributed by atoms with Gasteiger partial charge in [-0.25, -0.2) is 9.59 Å². The standard InChI is InChI=1S/C25H25F3O4/c1-14-7-9-19(24(3)12-11-18-15(2)23(30)32-22(18)21(14)24)31-20(29)10-8-16-5-4-6-17(13-16)25(26,27)28/h4-8,10,13,18-19,21-22H,2,9,11-12H2,1,3H3/b10-8+/t18-,19+,21+,22-,24-/m0/s1. The average Bonchev–Trinajstić information content (AvgIpc) is 3.01. The Morgan fingerprint density at radius 2 is 2.09 bits per heavy atom. The molecule has 4 nitrogen and oxygen atoms in total. The summed E-state index contributed by atoms with van der Waals surface area (Å²) in [6.45, 7) is 7.94. The lowest BCUT2D eigenvalue weighted by Crippen LogP contribution is -2.53. The zero-order valence-electron chi connectivity index (χ0n) is 17.9. The number of fused-ring (bicyclic) bond motifs is 3. The molecule has 1 aromatic rings. The number of halogens is 3. The summed E-state index contributed by atoms with van der Waals surface area (Å²) in [6, 6.07) is 4.75. The lowest BCUT2D eigenvalue weighted by molar-refractivity contribution is -0.165. The molecule has 0 aromatic heterocycles. The van der Waals surface area contributed by atoms with Gasteiger partial charge < -0.3 is 9.47 Å². The lowest BCUT2D eigenvalue weighted by atomic mass is 9.55. The molecule has 0 N–H and O–H groups in total. The van der Waals surface area contributed by atoms with E-state index in [0.29, 0.717) is 12.0 Å². The van der Waals surface area contributed by atoms with Gasteiger partial charge in [0.15, 0.2) is 0 Å². The van der Waals surface area contributed by atoms with Crippen molar-refractivity contribution >= 4 is 18.0 Å². The van der Waals surface area contributed by atoms with Crippen LogP contribution in [0.3, 0.4) is 0 Å². The van der Waals surface area contributed by atoms with Crippen molar-refractivity contribution in [1.82, 2.24) is 0 Å². The number of carbonyl (C=O) groups is 2. The Kier molecular flexibility index (Phi) is 5.55. The van der Waals surface area contributed by atoms with Crippen LogP contribution < -0.4 is 0 Å². The first-order valence-corrected chi connectivity index (χ1v) is 10.6. The van der Waals surface area contributed by atoms with E-state index in [4.69, 9.17) is 9.47 Å².